The van der Waals surface area contributed by atoms with Crippen LogP contribution in [0.3, 0.4) is 0 Å². The Morgan fingerprint density at radius 3 is 1.40 bits per heavy atom. The van der Waals surface area contributed by atoms with E-state index in [-0.39, 0.29) is 74.6 Å². The van der Waals surface area contributed by atoms with Crippen molar-refractivity contribution in [2.75, 3.05) is 49.1 Å². The third kappa shape index (κ3) is 7.57. The highest BCUT2D eigenvalue weighted by molar-refractivity contribution is 6.32. The fourth-order valence-electron chi connectivity index (χ4n) is 11.2. The van der Waals surface area contributed by atoms with Crippen LogP contribution in [0.15, 0.2) is 48.8 Å². The van der Waals surface area contributed by atoms with E-state index in [2.05, 4.69) is 52.3 Å². The number of nitrogens with zero attached hydrogens (tertiary/aromatic N) is 14. The van der Waals surface area contributed by atoms with Gasteiger partial charge in [0, 0.05) is 85.6 Å². The lowest BCUT2D eigenvalue weighted by atomic mass is 9.92. The Labute approximate surface area is 404 Å². The Bertz CT molecular complexity index is 3040. The smallest absolute Gasteiger partial charge is 0.370 e. The van der Waals surface area contributed by atoms with E-state index in [9.17, 15) is 46.5 Å². The van der Waals surface area contributed by atoms with Gasteiger partial charge in [-0.15, -0.1) is 20.4 Å². The highest BCUT2D eigenvalue weighted by atomic mass is 35.5. The largest absolute Gasteiger partial charge is 0.451 e. The van der Waals surface area contributed by atoms with Crippen molar-refractivity contribution in [1.29, 1.82) is 10.5 Å². The van der Waals surface area contributed by atoms with Gasteiger partial charge in [0.2, 0.25) is 23.5 Å². The number of halogens is 8. The lowest BCUT2D eigenvalue weighted by Gasteiger charge is -2.37. The van der Waals surface area contributed by atoms with Crippen LogP contribution in [0.4, 0.5) is 37.7 Å². The molecule has 0 N–H and O–H groups in total. The molecule has 12 rings (SSSR count). The highest BCUT2D eigenvalue weighted by Crippen LogP contribution is 2.61. The summed E-state index contributed by atoms with van der Waals surface area (Å²) in [6.45, 7) is 2.82. The van der Waals surface area contributed by atoms with Gasteiger partial charge in [-0.05, 0) is 73.9 Å². The van der Waals surface area contributed by atoms with Gasteiger partial charge >= 0.3 is 12.4 Å². The van der Waals surface area contributed by atoms with E-state index in [4.69, 9.17) is 23.2 Å². The number of fused-ring (bicyclic) bond motifs is 6. The molecule has 4 atom stereocenters. The molecule has 16 nitrogen and oxygen atoms in total. The van der Waals surface area contributed by atoms with Crippen molar-refractivity contribution in [3.8, 4) is 12.1 Å². The van der Waals surface area contributed by atoms with Crippen LogP contribution >= 0.6 is 23.2 Å². The van der Waals surface area contributed by atoms with Crippen LogP contribution in [0.2, 0.25) is 10.0 Å². The molecule has 2 saturated heterocycles. The quantitative estimate of drug-likeness (QED) is 0.162. The predicted molar refractivity (Wildman–Crippen MR) is 239 cm³/mol. The Morgan fingerprint density at radius 1 is 0.614 bits per heavy atom. The molecule has 2 aliphatic carbocycles. The second kappa shape index (κ2) is 16.4. The Morgan fingerprint density at radius 2 is 1.03 bits per heavy atom. The van der Waals surface area contributed by atoms with E-state index >= 15 is 0 Å². The zero-order valence-corrected chi connectivity index (χ0v) is 38.3. The molecule has 360 valence electrons. The van der Waals surface area contributed by atoms with Gasteiger partial charge in [-0.3, -0.25) is 19.6 Å². The molecular weight excluding hydrogens is 965 g/mol. The maximum Gasteiger partial charge on any atom is 0.451 e. The number of alkyl halides is 6. The molecule has 2 aromatic carbocycles. The minimum absolute atomic E-state index is 0.0189. The summed E-state index contributed by atoms with van der Waals surface area (Å²) in [5, 5.41) is 36.1. The molecule has 6 aromatic rings. The van der Waals surface area contributed by atoms with E-state index in [0.717, 1.165) is 42.3 Å². The lowest BCUT2D eigenvalue weighted by molar-refractivity contribution is -0.149. The standard InChI is InChI=1S/2C23H19ClF3N7O/c2*24-15-1-2-17-16(7-15)19(13(9-28)10-29-17)32-4-3-22(8-14(22)11-32)21(35)33-5-6-34-18(12-33)30-31-20(34)23(25,26)27/h2*1-2,7,10,14H,3-6,8,11-12H2/t2*14-,22+/m10/s1. The second-order valence-corrected chi connectivity index (χ2v) is 19.6. The van der Waals surface area contributed by atoms with Crippen LogP contribution in [0.1, 0.15) is 60.1 Å². The monoisotopic (exact) mass is 1000 g/mol. The molecule has 2 amide bonds. The van der Waals surface area contributed by atoms with Crippen LogP contribution in [-0.4, -0.2) is 100 Å². The van der Waals surface area contributed by atoms with E-state index in [0.29, 0.717) is 73.0 Å². The number of piperidine rings is 2. The number of rotatable bonds is 4. The number of aromatic nitrogens is 8. The van der Waals surface area contributed by atoms with Gasteiger partial charge < -0.3 is 28.7 Å². The number of carbonyl (C=O) groups is 2. The molecule has 4 aliphatic heterocycles. The van der Waals surface area contributed by atoms with Gasteiger partial charge in [0.15, 0.2) is 11.6 Å². The maximum absolute atomic E-state index is 13.5. The van der Waals surface area contributed by atoms with Crippen molar-refractivity contribution >= 4 is 68.2 Å². The minimum atomic E-state index is -4.58. The summed E-state index contributed by atoms with van der Waals surface area (Å²) in [5.74, 6) is -1.60. The average molecular weight is 1000 g/mol. The van der Waals surface area contributed by atoms with Gasteiger partial charge in [0.05, 0.1) is 57.5 Å². The zero-order valence-electron chi connectivity index (χ0n) is 36.8. The van der Waals surface area contributed by atoms with Gasteiger partial charge in [0.25, 0.3) is 0 Å². The first-order valence-electron chi connectivity index (χ1n) is 22.5. The molecule has 24 heteroatoms. The summed E-state index contributed by atoms with van der Waals surface area (Å²) in [6, 6.07) is 15.2. The second-order valence-electron chi connectivity index (χ2n) is 18.7. The third-order valence-corrected chi connectivity index (χ3v) is 15.4. The van der Waals surface area contributed by atoms with Crippen molar-refractivity contribution in [2.45, 2.75) is 64.2 Å². The summed E-state index contributed by atoms with van der Waals surface area (Å²) in [6.07, 6.45) is -3.40. The van der Waals surface area contributed by atoms with E-state index in [1.165, 1.54) is 0 Å². The fourth-order valence-corrected chi connectivity index (χ4v) is 11.6. The Hall–Kier alpha value is -6.78. The molecule has 2 saturated carbocycles. The number of benzene rings is 2. The molecule has 0 radical (unpaired) electrons. The number of anilines is 2. The van der Waals surface area contributed by atoms with E-state index in [1.54, 1.807) is 46.5 Å². The number of pyridine rings is 2. The Balaban J connectivity index is 0.000000152. The summed E-state index contributed by atoms with van der Waals surface area (Å²) in [5.41, 5.74) is 2.91. The summed E-state index contributed by atoms with van der Waals surface area (Å²) < 4.78 is 80.9. The first-order chi connectivity index (χ1) is 33.4. The fraction of sp³-hybridized carbons (Fsp3) is 0.435. The molecule has 4 fully saturated rings. The maximum atomic E-state index is 13.5. The summed E-state index contributed by atoms with van der Waals surface area (Å²) in [4.78, 5) is 43.2. The molecular formula is C46H38Cl2F6N14O2. The van der Waals surface area contributed by atoms with E-state index < -0.39 is 34.8 Å². The number of amides is 2. The van der Waals surface area contributed by atoms with Crippen molar-refractivity contribution in [3.63, 3.8) is 0 Å². The zero-order chi connectivity index (χ0) is 49.1. The molecule has 6 aliphatic rings. The summed E-state index contributed by atoms with van der Waals surface area (Å²) >= 11 is 12.4. The van der Waals surface area contributed by atoms with Crippen molar-refractivity contribution in [2.24, 2.45) is 22.7 Å². The van der Waals surface area contributed by atoms with Crippen LogP contribution < -0.4 is 9.80 Å². The normalized spacial score (nSPS) is 23.6. The number of carbonyl (C=O) groups excluding carboxylic acids is 2. The molecule has 0 bridgehead atoms. The first kappa shape index (κ1) is 45.7. The molecule has 0 spiro atoms. The predicted octanol–water partition coefficient (Wildman–Crippen LogP) is 7.26. The van der Waals surface area contributed by atoms with Crippen LogP contribution in [0.25, 0.3) is 21.8 Å². The highest BCUT2D eigenvalue weighted by Gasteiger charge is 2.64. The van der Waals surface area contributed by atoms with Crippen LogP contribution in [0, 0.1) is 45.3 Å². The lowest BCUT2D eigenvalue weighted by Crippen LogP contribution is -2.47. The van der Waals surface area contributed by atoms with Gasteiger partial charge in [-0.25, -0.2) is 0 Å². The van der Waals surface area contributed by atoms with Crippen molar-refractivity contribution < 1.29 is 35.9 Å². The van der Waals surface area contributed by atoms with Gasteiger partial charge in [-0.1, -0.05) is 23.2 Å². The first-order valence-corrected chi connectivity index (χ1v) is 23.2. The topological polar surface area (TPSA) is 182 Å². The van der Waals surface area contributed by atoms with E-state index in [1.807, 2.05) is 12.1 Å². The molecule has 8 heterocycles. The number of nitriles is 2. The minimum Gasteiger partial charge on any atom is -0.370 e. The van der Waals surface area contributed by atoms with Crippen molar-refractivity contribution in [3.05, 3.63) is 93.3 Å². The van der Waals surface area contributed by atoms with Gasteiger partial charge in [-0.2, -0.15) is 36.9 Å². The van der Waals surface area contributed by atoms with Gasteiger partial charge in [0.1, 0.15) is 12.1 Å². The Kier molecular flexibility index (Phi) is 10.7. The number of hydrogen-bond acceptors (Lipinski definition) is 12. The molecule has 0 unspecified atom stereocenters. The SMILES string of the molecule is N#Cc1cnc2ccc(Cl)cc2c1N1CC[C@@]2(C(=O)N3CCn4c(nnc4C(F)(F)F)C3)C[C@H]2C1.N#Cc1cnc2ccc(Cl)cc2c1N1CC[C@]2(C(=O)N3CCn4c(nnc4C(F)(F)F)C3)C[C@@H]2C1. The average Bonchev–Trinajstić information content (AvgIpc) is 4.15. The third-order valence-electron chi connectivity index (χ3n) is 14.9. The molecule has 4 aromatic heterocycles. The summed E-state index contributed by atoms with van der Waals surface area (Å²) in [7, 11) is 0. The number of hydrogen-bond donors (Lipinski definition) is 0. The van der Waals surface area contributed by atoms with Crippen LogP contribution in [-0.2, 0) is 48.1 Å². The van der Waals surface area contributed by atoms with Crippen LogP contribution in [0.5, 0.6) is 0 Å². The van der Waals surface area contributed by atoms with Crippen molar-refractivity contribution in [1.82, 2.24) is 49.3 Å². The molecule has 70 heavy (non-hydrogen) atoms.